The minimum Gasteiger partial charge on any atom is -0.354 e. The van der Waals surface area contributed by atoms with Gasteiger partial charge in [-0.25, -0.2) is 4.98 Å². The first-order chi connectivity index (χ1) is 6.58. The van der Waals surface area contributed by atoms with E-state index in [4.69, 9.17) is 23.2 Å². The molecule has 0 radical (unpaired) electrons. The van der Waals surface area contributed by atoms with Gasteiger partial charge in [0.25, 0.3) is 0 Å². The largest absolute Gasteiger partial charge is 0.354 e. The molecule has 2 rings (SSSR count). The van der Waals surface area contributed by atoms with Crippen LogP contribution in [0, 0.1) is 0 Å². The summed E-state index contributed by atoms with van der Waals surface area (Å²) in [6.07, 6.45) is 0. The molecule has 0 aliphatic rings. The normalized spacial score (nSPS) is 10.9. The van der Waals surface area contributed by atoms with E-state index in [1.807, 2.05) is 25.1 Å². The lowest BCUT2D eigenvalue weighted by Crippen LogP contribution is -2.07. The van der Waals surface area contributed by atoms with Gasteiger partial charge in [0.05, 0.1) is 15.2 Å². The second kappa shape index (κ2) is 3.57. The van der Waals surface area contributed by atoms with E-state index < -0.39 is 0 Å². The first kappa shape index (κ1) is 10.0. The van der Waals surface area contributed by atoms with E-state index in [0.29, 0.717) is 10.0 Å². The van der Waals surface area contributed by atoms with E-state index in [1.54, 1.807) is 17.4 Å². The molecule has 0 N–H and O–H groups in total. The Morgan fingerprint density at radius 3 is 2.64 bits per heavy atom. The van der Waals surface area contributed by atoms with Crippen LogP contribution in [0.15, 0.2) is 12.1 Å². The van der Waals surface area contributed by atoms with Gasteiger partial charge in [-0.05, 0) is 12.1 Å². The topological polar surface area (TPSA) is 16.1 Å². The fourth-order valence-electron chi connectivity index (χ4n) is 1.14. The Kier molecular flexibility index (Phi) is 2.56. The number of halogens is 2. The van der Waals surface area contributed by atoms with Crippen LogP contribution in [0.25, 0.3) is 10.2 Å². The Hall–Kier alpha value is -0.510. The molecule has 0 saturated heterocycles. The van der Waals surface area contributed by atoms with Gasteiger partial charge in [0.15, 0.2) is 5.13 Å². The predicted molar refractivity (Wildman–Crippen MR) is 64.0 cm³/mol. The molecule has 74 valence electrons. The van der Waals surface area contributed by atoms with E-state index in [1.165, 1.54) is 0 Å². The van der Waals surface area contributed by atoms with Gasteiger partial charge in [-0.3, -0.25) is 0 Å². The van der Waals surface area contributed by atoms with E-state index in [9.17, 15) is 0 Å². The minimum absolute atomic E-state index is 0.623. The van der Waals surface area contributed by atoms with E-state index in [-0.39, 0.29) is 0 Å². The molecule has 0 atom stereocenters. The second-order valence-electron chi connectivity index (χ2n) is 3.13. The van der Waals surface area contributed by atoms with Crippen LogP contribution in [0.4, 0.5) is 5.13 Å². The Bertz CT molecular complexity index is 479. The van der Waals surface area contributed by atoms with E-state index in [2.05, 4.69) is 4.98 Å². The van der Waals surface area contributed by atoms with Crippen molar-refractivity contribution >= 4 is 49.9 Å². The van der Waals surface area contributed by atoms with Crippen molar-refractivity contribution in [3.8, 4) is 0 Å². The highest BCUT2D eigenvalue weighted by Crippen LogP contribution is 2.35. The SMILES string of the molecule is CN(C)c1nc2cc(Cl)cc(Cl)c2s1. The molecule has 0 bridgehead atoms. The van der Waals surface area contributed by atoms with Crippen LogP contribution in [0.3, 0.4) is 0 Å². The predicted octanol–water partition coefficient (Wildman–Crippen LogP) is 3.67. The van der Waals surface area contributed by atoms with Crippen molar-refractivity contribution in [1.82, 2.24) is 4.98 Å². The molecule has 2 nitrogen and oxygen atoms in total. The third-order valence-corrected chi connectivity index (χ3v) is 3.68. The quantitative estimate of drug-likeness (QED) is 0.764. The second-order valence-corrected chi connectivity index (χ2v) is 4.95. The van der Waals surface area contributed by atoms with Crippen molar-refractivity contribution in [2.75, 3.05) is 19.0 Å². The van der Waals surface area contributed by atoms with Gasteiger partial charge in [-0.1, -0.05) is 34.5 Å². The lowest BCUT2D eigenvalue weighted by molar-refractivity contribution is 1.11. The first-order valence-corrected chi connectivity index (χ1v) is 5.58. The Balaban J connectivity index is 2.70. The lowest BCUT2D eigenvalue weighted by Gasteiger charge is -2.04. The molecule has 14 heavy (non-hydrogen) atoms. The summed E-state index contributed by atoms with van der Waals surface area (Å²) in [6, 6.07) is 3.56. The maximum Gasteiger partial charge on any atom is 0.185 e. The third-order valence-electron chi connectivity index (χ3n) is 1.78. The number of fused-ring (bicyclic) bond motifs is 1. The monoisotopic (exact) mass is 246 g/mol. The molecule has 0 saturated carbocycles. The van der Waals surface area contributed by atoms with Gasteiger partial charge in [0, 0.05) is 19.1 Å². The number of aromatic nitrogens is 1. The summed E-state index contributed by atoms with van der Waals surface area (Å²) in [4.78, 5) is 6.36. The van der Waals surface area contributed by atoms with Crippen LogP contribution in [0.2, 0.25) is 10.0 Å². The van der Waals surface area contributed by atoms with Gasteiger partial charge in [0.2, 0.25) is 0 Å². The number of nitrogens with zero attached hydrogens (tertiary/aromatic N) is 2. The Labute approximate surface area is 96.1 Å². The van der Waals surface area contributed by atoms with Crippen molar-refractivity contribution in [2.24, 2.45) is 0 Å². The molecule has 0 amide bonds. The van der Waals surface area contributed by atoms with Crippen LogP contribution in [0.5, 0.6) is 0 Å². The Morgan fingerprint density at radius 2 is 2.00 bits per heavy atom. The zero-order valence-electron chi connectivity index (χ0n) is 7.71. The van der Waals surface area contributed by atoms with Gasteiger partial charge in [-0.2, -0.15) is 0 Å². The van der Waals surface area contributed by atoms with Crippen molar-refractivity contribution in [1.29, 1.82) is 0 Å². The molecule has 0 fully saturated rings. The number of thiazole rings is 1. The van der Waals surface area contributed by atoms with Crippen LogP contribution >= 0.6 is 34.5 Å². The number of hydrogen-bond donors (Lipinski definition) is 0. The zero-order valence-corrected chi connectivity index (χ0v) is 10.0. The Morgan fingerprint density at radius 1 is 1.29 bits per heavy atom. The van der Waals surface area contributed by atoms with Crippen LogP contribution in [0.1, 0.15) is 0 Å². The standard InChI is InChI=1S/C9H8Cl2N2S/c1-13(2)9-12-7-4-5(10)3-6(11)8(7)14-9/h3-4H,1-2H3. The lowest BCUT2D eigenvalue weighted by atomic mass is 10.3. The molecule has 1 heterocycles. The van der Waals surface area contributed by atoms with Crippen molar-refractivity contribution in [3.63, 3.8) is 0 Å². The summed E-state index contributed by atoms with van der Waals surface area (Å²) in [5, 5.41) is 2.22. The van der Waals surface area contributed by atoms with Gasteiger partial charge in [-0.15, -0.1) is 0 Å². The summed E-state index contributed by atoms with van der Waals surface area (Å²) >= 11 is 13.5. The number of benzene rings is 1. The summed E-state index contributed by atoms with van der Waals surface area (Å²) < 4.78 is 0.986. The van der Waals surface area contributed by atoms with Crippen molar-refractivity contribution < 1.29 is 0 Å². The molecule has 0 unspecified atom stereocenters. The average Bonchev–Trinajstić information content (AvgIpc) is 2.47. The van der Waals surface area contributed by atoms with Crippen molar-refractivity contribution in [3.05, 3.63) is 22.2 Å². The maximum atomic E-state index is 6.05. The third kappa shape index (κ3) is 1.67. The smallest absolute Gasteiger partial charge is 0.185 e. The molecular formula is C9H8Cl2N2S. The van der Waals surface area contributed by atoms with Gasteiger partial charge in [0.1, 0.15) is 0 Å². The van der Waals surface area contributed by atoms with Gasteiger partial charge >= 0.3 is 0 Å². The maximum absolute atomic E-state index is 6.05. The zero-order chi connectivity index (χ0) is 10.3. The van der Waals surface area contributed by atoms with E-state index in [0.717, 1.165) is 15.3 Å². The van der Waals surface area contributed by atoms with E-state index >= 15 is 0 Å². The number of anilines is 1. The first-order valence-electron chi connectivity index (χ1n) is 4.01. The van der Waals surface area contributed by atoms with Crippen LogP contribution in [-0.2, 0) is 0 Å². The highest BCUT2D eigenvalue weighted by atomic mass is 35.5. The molecule has 0 aliphatic heterocycles. The summed E-state index contributed by atoms with van der Waals surface area (Å²) in [5.41, 5.74) is 0.858. The fourth-order valence-corrected chi connectivity index (χ4v) is 2.61. The molecule has 0 spiro atoms. The molecule has 1 aromatic heterocycles. The summed E-state index contributed by atoms with van der Waals surface area (Å²) in [7, 11) is 3.90. The highest BCUT2D eigenvalue weighted by Gasteiger charge is 2.09. The number of hydrogen-bond acceptors (Lipinski definition) is 3. The molecule has 2 aromatic rings. The van der Waals surface area contributed by atoms with Crippen LogP contribution in [-0.4, -0.2) is 19.1 Å². The molecule has 5 heteroatoms. The molecular weight excluding hydrogens is 239 g/mol. The molecule has 1 aromatic carbocycles. The van der Waals surface area contributed by atoms with Crippen molar-refractivity contribution in [2.45, 2.75) is 0 Å². The number of rotatable bonds is 1. The summed E-state index contributed by atoms with van der Waals surface area (Å²) in [6.45, 7) is 0. The summed E-state index contributed by atoms with van der Waals surface area (Å²) in [5.74, 6) is 0. The van der Waals surface area contributed by atoms with Crippen LogP contribution < -0.4 is 4.90 Å². The van der Waals surface area contributed by atoms with Gasteiger partial charge < -0.3 is 4.90 Å². The average molecular weight is 247 g/mol. The highest BCUT2D eigenvalue weighted by molar-refractivity contribution is 7.22. The fraction of sp³-hybridized carbons (Fsp3) is 0.222. The minimum atomic E-state index is 0.623. The molecule has 0 aliphatic carbocycles.